The van der Waals surface area contributed by atoms with Gasteiger partial charge in [-0.25, -0.2) is 4.98 Å². The van der Waals surface area contributed by atoms with Crippen molar-refractivity contribution in [1.29, 1.82) is 0 Å². The summed E-state index contributed by atoms with van der Waals surface area (Å²) >= 11 is 0. The third-order valence-electron chi connectivity index (χ3n) is 2.91. The Hall–Kier alpha value is -1.62. The Balaban J connectivity index is 2.64. The van der Waals surface area contributed by atoms with E-state index < -0.39 is 0 Å². The number of carbonyl (C=O) groups is 1. The van der Waals surface area contributed by atoms with Crippen LogP contribution in [-0.4, -0.2) is 37.2 Å². The summed E-state index contributed by atoms with van der Waals surface area (Å²) in [6.45, 7) is 7.23. The highest BCUT2D eigenvalue weighted by molar-refractivity contribution is 5.92. The van der Waals surface area contributed by atoms with Crippen LogP contribution in [0, 0.1) is 5.92 Å². The summed E-state index contributed by atoms with van der Waals surface area (Å²) in [4.78, 5) is 16.2. The van der Waals surface area contributed by atoms with Crippen LogP contribution in [0.4, 0.5) is 5.69 Å². The molecule has 1 unspecified atom stereocenters. The molecule has 0 spiro atoms. The molecule has 2 N–H and O–H groups in total. The van der Waals surface area contributed by atoms with Crippen molar-refractivity contribution >= 4 is 11.6 Å². The quantitative estimate of drug-likeness (QED) is 0.790. The first-order chi connectivity index (χ1) is 9.08. The fourth-order valence-corrected chi connectivity index (χ4v) is 1.56. The van der Waals surface area contributed by atoms with E-state index in [4.69, 9.17) is 4.74 Å². The number of carbonyl (C=O) groups excluding carboxylic acids is 1. The molecular formula is C14H23N3O2. The largest absolute Gasteiger partial charge is 0.387 e. The minimum Gasteiger partial charge on any atom is -0.387 e. The minimum atomic E-state index is -0.166. The van der Waals surface area contributed by atoms with Crippen molar-refractivity contribution in [2.24, 2.45) is 5.92 Å². The molecule has 106 valence electrons. The van der Waals surface area contributed by atoms with Gasteiger partial charge in [-0.15, -0.1) is 0 Å². The highest BCUT2D eigenvalue weighted by Crippen LogP contribution is 2.07. The summed E-state index contributed by atoms with van der Waals surface area (Å²) in [5, 5.41) is 5.92. The number of rotatable bonds is 7. The van der Waals surface area contributed by atoms with E-state index in [-0.39, 0.29) is 11.9 Å². The third kappa shape index (κ3) is 4.87. The van der Waals surface area contributed by atoms with Gasteiger partial charge in [-0.2, -0.15) is 0 Å². The van der Waals surface area contributed by atoms with Crippen LogP contribution in [0.1, 0.15) is 31.3 Å². The molecule has 1 aromatic heterocycles. The van der Waals surface area contributed by atoms with Gasteiger partial charge in [0.25, 0.3) is 5.91 Å². The molecule has 1 heterocycles. The van der Waals surface area contributed by atoms with Gasteiger partial charge in [-0.05, 0) is 25.0 Å². The molecule has 0 saturated carbocycles. The lowest BCUT2D eigenvalue weighted by atomic mass is 10.1. The summed E-state index contributed by atoms with van der Waals surface area (Å²) in [5.74, 6) is 0.146. The van der Waals surface area contributed by atoms with Gasteiger partial charge in [0.05, 0.1) is 24.5 Å². The Labute approximate surface area is 114 Å². The summed E-state index contributed by atoms with van der Waals surface area (Å²) in [5.41, 5.74) is 1.30. The van der Waals surface area contributed by atoms with E-state index in [2.05, 4.69) is 29.5 Å². The average molecular weight is 265 g/mol. The molecule has 0 radical (unpaired) electrons. The molecular weight excluding hydrogens is 242 g/mol. The molecule has 1 aromatic rings. The Morgan fingerprint density at radius 2 is 2.16 bits per heavy atom. The van der Waals surface area contributed by atoms with Crippen LogP contribution in [0.5, 0.6) is 0 Å². The molecule has 0 aliphatic rings. The zero-order valence-electron chi connectivity index (χ0n) is 12.1. The number of amides is 1. The molecule has 0 fully saturated rings. The maximum absolute atomic E-state index is 12.1. The second kappa shape index (κ2) is 7.74. The van der Waals surface area contributed by atoms with E-state index >= 15 is 0 Å². The normalized spacial score (nSPS) is 12.3. The Morgan fingerprint density at radius 3 is 2.63 bits per heavy atom. The lowest BCUT2D eigenvalue weighted by molar-refractivity contribution is 0.0802. The van der Waals surface area contributed by atoms with E-state index in [0.717, 1.165) is 5.69 Å². The minimum absolute atomic E-state index is 0.00164. The number of anilines is 1. The Kier molecular flexibility index (Phi) is 6.29. The van der Waals surface area contributed by atoms with E-state index in [0.29, 0.717) is 24.8 Å². The molecule has 0 bridgehead atoms. The van der Waals surface area contributed by atoms with Crippen LogP contribution in [0.25, 0.3) is 0 Å². The fraction of sp³-hybridized carbons (Fsp3) is 0.571. The summed E-state index contributed by atoms with van der Waals surface area (Å²) in [6, 6.07) is 3.53. The predicted octanol–water partition coefficient (Wildman–Crippen LogP) is 1.91. The molecule has 0 saturated heterocycles. The van der Waals surface area contributed by atoms with Gasteiger partial charge in [0.1, 0.15) is 5.69 Å². The maximum atomic E-state index is 12.1. The van der Waals surface area contributed by atoms with Gasteiger partial charge in [-0.3, -0.25) is 4.79 Å². The lowest BCUT2D eigenvalue weighted by Gasteiger charge is -2.21. The molecule has 19 heavy (non-hydrogen) atoms. The van der Waals surface area contributed by atoms with Gasteiger partial charge < -0.3 is 15.4 Å². The number of ether oxygens (including phenoxy) is 1. The number of hydrogen-bond acceptors (Lipinski definition) is 4. The topological polar surface area (TPSA) is 63.2 Å². The number of pyridine rings is 1. The lowest BCUT2D eigenvalue weighted by Crippen LogP contribution is -2.42. The van der Waals surface area contributed by atoms with Crippen LogP contribution in [0.2, 0.25) is 0 Å². The van der Waals surface area contributed by atoms with E-state index in [1.807, 2.05) is 20.0 Å². The maximum Gasteiger partial charge on any atom is 0.270 e. The van der Waals surface area contributed by atoms with Gasteiger partial charge in [-0.1, -0.05) is 13.8 Å². The van der Waals surface area contributed by atoms with Crippen molar-refractivity contribution in [3.05, 3.63) is 24.0 Å². The molecule has 1 amide bonds. The molecule has 1 atom stereocenters. The smallest absolute Gasteiger partial charge is 0.270 e. The van der Waals surface area contributed by atoms with Gasteiger partial charge in [0, 0.05) is 13.7 Å². The first-order valence-electron chi connectivity index (χ1n) is 6.60. The Bertz CT molecular complexity index is 390. The monoisotopic (exact) mass is 265 g/mol. The van der Waals surface area contributed by atoms with E-state index in [9.17, 15) is 4.79 Å². The summed E-state index contributed by atoms with van der Waals surface area (Å²) < 4.78 is 5.39. The van der Waals surface area contributed by atoms with E-state index in [1.165, 1.54) is 0 Å². The molecule has 1 rings (SSSR count). The highest BCUT2D eigenvalue weighted by atomic mass is 16.5. The highest BCUT2D eigenvalue weighted by Gasteiger charge is 2.17. The van der Waals surface area contributed by atoms with Crippen molar-refractivity contribution in [3.63, 3.8) is 0 Å². The second-order valence-electron chi connectivity index (χ2n) is 4.67. The summed E-state index contributed by atoms with van der Waals surface area (Å²) in [7, 11) is 1.81. The van der Waals surface area contributed by atoms with Crippen molar-refractivity contribution in [1.82, 2.24) is 10.3 Å². The molecule has 0 aliphatic carbocycles. The number of nitrogens with zero attached hydrogens (tertiary/aromatic N) is 1. The van der Waals surface area contributed by atoms with Crippen molar-refractivity contribution in [3.8, 4) is 0 Å². The molecule has 0 aromatic carbocycles. The molecule has 5 nitrogen and oxygen atoms in total. The number of aromatic nitrogens is 1. The van der Waals surface area contributed by atoms with Gasteiger partial charge in [0.15, 0.2) is 0 Å². The third-order valence-corrected chi connectivity index (χ3v) is 2.91. The standard InChI is InChI=1S/C14H23N3O2/c1-5-19-9-13(10(2)3)17-14(18)12-7-6-11(15-4)8-16-12/h6-8,10,13,15H,5,9H2,1-4H3,(H,17,18). The van der Waals surface area contributed by atoms with Crippen molar-refractivity contribution in [2.75, 3.05) is 25.6 Å². The number of hydrogen-bond donors (Lipinski definition) is 2. The fourth-order valence-electron chi connectivity index (χ4n) is 1.56. The van der Waals surface area contributed by atoms with Gasteiger partial charge >= 0.3 is 0 Å². The number of nitrogens with one attached hydrogen (secondary N) is 2. The molecule has 5 heteroatoms. The first kappa shape index (κ1) is 15.4. The van der Waals surface area contributed by atoms with E-state index in [1.54, 1.807) is 12.3 Å². The van der Waals surface area contributed by atoms with Crippen LogP contribution in [0.3, 0.4) is 0 Å². The zero-order valence-corrected chi connectivity index (χ0v) is 12.1. The second-order valence-corrected chi connectivity index (χ2v) is 4.67. The van der Waals surface area contributed by atoms with Gasteiger partial charge in [0.2, 0.25) is 0 Å². The predicted molar refractivity (Wildman–Crippen MR) is 76.4 cm³/mol. The van der Waals surface area contributed by atoms with Crippen molar-refractivity contribution in [2.45, 2.75) is 26.8 Å². The van der Waals surface area contributed by atoms with Crippen LogP contribution in [-0.2, 0) is 4.74 Å². The zero-order chi connectivity index (χ0) is 14.3. The van der Waals surface area contributed by atoms with Crippen LogP contribution >= 0.6 is 0 Å². The first-order valence-corrected chi connectivity index (χ1v) is 6.60. The average Bonchev–Trinajstić information content (AvgIpc) is 2.43. The van der Waals surface area contributed by atoms with Crippen molar-refractivity contribution < 1.29 is 9.53 Å². The summed E-state index contributed by atoms with van der Waals surface area (Å²) in [6.07, 6.45) is 1.64. The Morgan fingerprint density at radius 1 is 1.42 bits per heavy atom. The van der Waals surface area contributed by atoms with Crippen LogP contribution < -0.4 is 10.6 Å². The van der Waals surface area contributed by atoms with Crippen LogP contribution in [0.15, 0.2) is 18.3 Å². The SMILES string of the molecule is CCOCC(NC(=O)c1ccc(NC)cn1)C(C)C. The molecule has 0 aliphatic heterocycles.